The van der Waals surface area contributed by atoms with Crippen LogP contribution in [0.4, 0.5) is 0 Å². The molecule has 0 aliphatic heterocycles. The molecule has 3 unspecified atom stereocenters. The molecule has 0 aliphatic carbocycles. The molecule has 0 saturated carbocycles. The highest BCUT2D eigenvalue weighted by molar-refractivity contribution is 7.51. The van der Waals surface area contributed by atoms with E-state index in [2.05, 4.69) is 0 Å². The second kappa shape index (κ2) is 10.8. The maximum Gasteiger partial charge on any atom is 0.306 e. The molecule has 1 aromatic rings. The molecular weight excluding hydrogens is 347 g/mol. The van der Waals surface area contributed by atoms with E-state index in [0.29, 0.717) is 12.8 Å². The molecule has 25 heavy (non-hydrogen) atoms. The molecule has 0 radical (unpaired) electrons. The minimum absolute atomic E-state index is 0.00829. The fraction of sp³-hybridized carbons (Fsp3) is 0.471. The molecular formula is C17H23O7P. The Balaban J connectivity index is 2.56. The smallest absolute Gasteiger partial charge is 0.306 e. The van der Waals surface area contributed by atoms with E-state index >= 15 is 0 Å². The SMILES string of the molecule is O=C(O)CCC(CP(O)CC(CCc1ccccc1)C(=O)O)C(=O)O. The zero-order valence-electron chi connectivity index (χ0n) is 13.7. The van der Waals surface area contributed by atoms with Gasteiger partial charge in [-0.3, -0.25) is 14.4 Å². The second-order valence-electron chi connectivity index (χ2n) is 5.90. The van der Waals surface area contributed by atoms with E-state index in [0.717, 1.165) is 5.56 Å². The molecule has 0 fully saturated rings. The van der Waals surface area contributed by atoms with Crippen molar-refractivity contribution in [3.63, 3.8) is 0 Å². The summed E-state index contributed by atoms with van der Waals surface area (Å²) in [5.74, 6) is -5.02. The van der Waals surface area contributed by atoms with Crippen molar-refractivity contribution >= 4 is 26.1 Å². The van der Waals surface area contributed by atoms with E-state index in [4.69, 9.17) is 10.2 Å². The normalized spacial score (nSPS) is 14.4. The monoisotopic (exact) mass is 370 g/mol. The van der Waals surface area contributed by atoms with Gasteiger partial charge in [-0.15, -0.1) is 0 Å². The Morgan fingerprint density at radius 2 is 1.40 bits per heavy atom. The predicted octanol–water partition coefficient (Wildman–Crippen LogP) is 2.27. The molecule has 0 aliphatic rings. The number of carboxylic acid groups (broad SMARTS) is 3. The van der Waals surface area contributed by atoms with Gasteiger partial charge in [0.25, 0.3) is 0 Å². The van der Waals surface area contributed by atoms with Crippen molar-refractivity contribution in [3.05, 3.63) is 35.9 Å². The van der Waals surface area contributed by atoms with E-state index in [1.807, 2.05) is 30.3 Å². The lowest BCUT2D eigenvalue weighted by molar-refractivity contribution is -0.142. The van der Waals surface area contributed by atoms with Crippen LogP contribution in [0.1, 0.15) is 24.8 Å². The molecule has 8 heteroatoms. The number of carboxylic acids is 3. The van der Waals surface area contributed by atoms with Gasteiger partial charge in [0, 0.05) is 26.9 Å². The zero-order valence-corrected chi connectivity index (χ0v) is 14.6. The molecule has 7 nitrogen and oxygen atoms in total. The van der Waals surface area contributed by atoms with Crippen LogP contribution in [0.2, 0.25) is 0 Å². The van der Waals surface area contributed by atoms with Gasteiger partial charge < -0.3 is 20.2 Å². The first-order valence-corrected chi connectivity index (χ1v) is 9.61. The van der Waals surface area contributed by atoms with Gasteiger partial charge in [0.15, 0.2) is 0 Å². The van der Waals surface area contributed by atoms with E-state index in [1.165, 1.54) is 0 Å². The maximum absolute atomic E-state index is 11.4. The molecule has 1 aromatic carbocycles. The predicted molar refractivity (Wildman–Crippen MR) is 92.8 cm³/mol. The Kier molecular flexibility index (Phi) is 9.10. The molecule has 0 heterocycles. The Hall–Kier alpha value is -1.98. The number of aliphatic carboxylic acids is 3. The van der Waals surface area contributed by atoms with Crippen LogP contribution in [0.25, 0.3) is 0 Å². The highest BCUT2D eigenvalue weighted by Gasteiger charge is 2.27. The van der Waals surface area contributed by atoms with Crippen molar-refractivity contribution in [2.75, 3.05) is 12.3 Å². The quantitative estimate of drug-likeness (QED) is 0.415. The van der Waals surface area contributed by atoms with Gasteiger partial charge in [-0.25, -0.2) is 0 Å². The summed E-state index contributed by atoms with van der Waals surface area (Å²) in [6, 6.07) is 9.39. The Bertz CT molecular complexity index is 576. The highest BCUT2D eigenvalue weighted by Crippen LogP contribution is 2.37. The number of carbonyl (C=O) groups is 3. The molecule has 1 rings (SSSR count). The topological polar surface area (TPSA) is 132 Å². The molecule has 0 spiro atoms. The fourth-order valence-corrected chi connectivity index (χ4v) is 4.30. The van der Waals surface area contributed by atoms with Crippen LogP contribution in [0, 0.1) is 11.8 Å². The lowest BCUT2D eigenvalue weighted by atomic mass is 10.0. The van der Waals surface area contributed by atoms with Gasteiger partial charge in [0.05, 0.1) is 11.8 Å². The minimum atomic E-state index is -1.79. The minimum Gasteiger partial charge on any atom is -0.481 e. The lowest BCUT2D eigenvalue weighted by Crippen LogP contribution is -2.22. The number of aryl methyl sites for hydroxylation is 1. The van der Waals surface area contributed by atoms with Gasteiger partial charge in [-0.05, 0) is 24.8 Å². The highest BCUT2D eigenvalue weighted by atomic mass is 31.1. The standard InChI is InChI=1S/C17H23O7P/c18-15(19)9-8-14(17(22)23)11-25(24)10-13(16(20)21)7-6-12-4-2-1-3-5-12/h1-5,13-14,24H,6-11H2,(H,18,19)(H,20,21)(H,22,23). The average molecular weight is 370 g/mol. The first kappa shape index (κ1) is 21.1. The average Bonchev–Trinajstić information content (AvgIpc) is 2.55. The van der Waals surface area contributed by atoms with Crippen molar-refractivity contribution in [1.82, 2.24) is 0 Å². The summed E-state index contributed by atoms with van der Waals surface area (Å²) in [5, 5.41) is 27.1. The largest absolute Gasteiger partial charge is 0.481 e. The van der Waals surface area contributed by atoms with Crippen molar-refractivity contribution in [2.24, 2.45) is 11.8 Å². The fourth-order valence-electron chi connectivity index (χ4n) is 2.45. The van der Waals surface area contributed by atoms with Crippen LogP contribution in [-0.2, 0) is 20.8 Å². The van der Waals surface area contributed by atoms with Crippen LogP contribution in [0.5, 0.6) is 0 Å². The Labute approximate surface area is 147 Å². The molecule has 0 amide bonds. The molecule has 4 N–H and O–H groups in total. The summed E-state index contributed by atoms with van der Waals surface area (Å²) in [6.45, 7) is 0. The Morgan fingerprint density at radius 1 is 0.880 bits per heavy atom. The van der Waals surface area contributed by atoms with Crippen LogP contribution >= 0.6 is 8.15 Å². The van der Waals surface area contributed by atoms with Gasteiger partial charge in [0.1, 0.15) is 0 Å². The third-order valence-corrected chi connectivity index (χ3v) is 5.62. The van der Waals surface area contributed by atoms with Crippen molar-refractivity contribution in [2.45, 2.75) is 25.7 Å². The number of hydrogen-bond acceptors (Lipinski definition) is 4. The Morgan fingerprint density at radius 3 is 1.88 bits per heavy atom. The van der Waals surface area contributed by atoms with Crippen LogP contribution in [-0.4, -0.2) is 50.4 Å². The van der Waals surface area contributed by atoms with Gasteiger partial charge in [-0.1, -0.05) is 30.3 Å². The zero-order chi connectivity index (χ0) is 18.8. The number of hydrogen-bond donors (Lipinski definition) is 4. The summed E-state index contributed by atoms with van der Waals surface area (Å²) in [7, 11) is -1.79. The second-order valence-corrected chi connectivity index (χ2v) is 7.64. The van der Waals surface area contributed by atoms with E-state index in [9.17, 15) is 24.4 Å². The van der Waals surface area contributed by atoms with E-state index in [-0.39, 0.29) is 25.2 Å². The summed E-state index contributed by atoms with van der Waals surface area (Å²) in [5.41, 5.74) is 1.00. The summed E-state index contributed by atoms with van der Waals surface area (Å²) in [4.78, 5) is 43.3. The van der Waals surface area contributed by atoms with Gasteiger partial charge in [-0.2, -0.15) is 0 Å². The van der Waals surface area contributed by atoms with Crippen LogP contribution in [0.15, 0.2) is 30.3 Å². The summed E-state index contributed by atoms with van der Waals surface area (Å²) >= 11 is 0. The first-order valence-electron chi connectivity index (χ1n) is 7.94. The van der Waals surface area contributed by atoms with Crippen molar-refractivity contribution in [3.8, 4) is 0 Å². The number of benzene rings is 1. The van der Waals surface area contributed by atoms with Gasteiger partial charge >= 0.3 is 17.9 Å². The van der Waals surface area contributed by atoms with Crippen molar-refractivity contribution < 1.29 is 34.6 Å². The van der Waals surface area contributed by atoms with E-state index < -0.39 is 37.9 Å². The third-order valence-electron chi connectivity index (χ3n) is 3.89. The summed E-state index contributed by atoms with van der Waals surface area (Å²) in [6.07, 6.45) is 0.456. The van der Waals surface area contributed by atoms with E-state index in [1.54, 1.807) is 0 Å². The molecule has 0 saturated heterocycles. The lowest BCUT2D eigenvalue weighted by Gasteiger charge is -2.19. The third kappa shape index (κ3) is 8.61. The first-order chi connectivity index (χ1) is 11.8. The number of rotatable bonds is 12. The molecule has 138 valence electrons. The molecule has 0 aromatic heterocycles. The van der Waals surface area contributed by atoms with Crippen LogP contribution < -0.4 is 0 Å². The molecule has 3 atom stereocenters. The maximum atomic E-state index is 11.4. The van der Waals surface area contributed by atoms with Gasteiger partial charge in [0.2, 0.25) is 0 Å². The van der Waals surface area contributed by atoms with Crippen LogP contribution in [0.3, 0.4) is 0 Å². The summed E-state index contributed by atoms with van der Waals surface area (Å²) < 4.78 is 0. The molecule has 0 bridgehead atoms. The van der Waals surface area contributed by atoms with Crippen molar-refractivity contribution in [1.29, 1.82) is 0 Å².